The van der Waals surface area contributed by atoms with Crippen LogP contribution in [0, 0.1) is 0 Å². The topological polar surface area (TPSA) is 76.1 Å². The second-order valence-electron chi connectivity index (χ2n) is 5.77. The highest BCUT2D eigenvalue weighted by atomic mass is 32.2. The summed E-state index contributed by atoms with van der Waals surface area (Å²) in [7, 11) is -2.99. The zero-order chi connectivity index (χ0) is 16.3. The van der Waals surface area contributed by atoms with E-state index in [1.807, 2.05) is 36.4 Å². The van der Waals surface area contributed by atoms with Gasteiger partial charge in [-0.25, -0.2) is 8.42 Å². The molecule has 2 aromatic rings. The summed E-state index contributed by atoms with van der Waals surface area (Å²) in [5, 5.41) is 2.76. The summed E-state index contributed by atoms with van der Waals surface area (Å²) >= 11 is 0. The van der Waals surface area contributed by atoms with Gasteiger partial charge in [0.1, 0.15) is 0 Å². The van der Waals surface area contributed by atoms with Gasteiger partial charge >= 0.3 is 0 Å². The van der Waals surface area contributed by atoms with Crippen LogP contribution in [-0.4, -0.2) is 36.9 Å². The van der Waals surface area contributed by atoms with Gasteiger partial charge in [-0.1, -0.05) is 30.3 Å². The molecule has 1 aromatic heterocycles. The molecule has 1 aromatic carbocycles. The maximum absolute atomic E-state index is 12.1. The van der Waals surface area contributed by atoms with E-state index in [1.165, 1.54) is 6.20 Å². The molecule has 1 aliphatic rings. The first-order valence-corrected chi connectivity index (χ1v) is 9.34. The summed E-state index contributed by atoms with van der Waals surface area (Å²) < 4.78 is 22.8. The molecule has 6 heteroatoms. The number of hydrogen-bond donors (Lipinski definition) is 1. The lowest BCUT2D eigenvalue weighted by Gasteiger charge is -2.10. The van der Waals surface area contributed by atoms with Crippen molar-refractivity contribution in [1.82, 2.24) is 10.3 Å². The number of rotatable bonds is 4. The van der Waals surface area contributed by atoms with E-state index < -0.39 is 9.84 Å². The molecule has 0 radical (unpaired) electrons. The summed E-state index contributed by atoms with van der Waals surface area (Å²) in [5.41, 5.74) is 2.50. The van der Waals surface area contributed by atoms with Crippen molar-refractivity contribution in [3.8, 4) is 0 Å². The molecular formula is C17H18N2O3S. The molecule has 1 N–H and O–H groups in total. The number of aromatic nitrogens is 1. The Morgan fingerprint density at radius 3 is 2.57 bits per heavy atom. The number of benzene rings is 1. The fraction of sp³-hybridized carbons (Fsp3) is 0.294. The van der Waals surface area contributed by atoms with Crippen LogP contribution in [0.2, 0.25) is 0 Å². The second kappa shape index (κ2) is 6.50. The first-order valence-electron chi connectivity index (χ1n) is 7.52. The van der Waals surface area contributed by atoms with Gasteiger partial charge in [0.05, 0.1) is 17.1 Å². The number of hydrogen-bond acceptors (Lipinski definition) is 4. The Labute approximate surface area is 135 Å². The Kier molecular flexibility index (Phi) is 4.43. The van der Waals surface area contributed by atoms with Gasteiger partial charge in [-0.15, -0.1) is 0 Å². The van der Waals surface area contributed by atoms with Crippen LogP contribution in [0.4, 0.5) is 0 Å². The van der Waals surface area contributed by atoms with Crippen LogP contribution in [0.5, 0.6) is 0 Å². The average molecular weight is 330 g/mol. The normalized spacial score (nSPS) is 19.4. The number of carbonyl (C=O) groups excluding carboxylic acids is 1. The Morgan fingerprint density at radius 2 is 1.96 bits per heavy atom. The van der Waals surface area contributed by atoms with Crippen molar-refractivity contribution in [2.24, 2.45) is 0 Å². The van der Waals surface area contributed by atoms with Gasteiger partial charge in [-0.2, -0.15) is 0 Å². The van der Waals surface area contributed by atoms with E-state index in [4.69, 9.17) is 0 Å². The van der Waals surface area contributed by atoms with Gasteiger partial charge in [0, 0.05) is 24.4 Å². The highest BCUT2D eigenvalue weighted by Gasteiger charge is 2.29. The number of nitrogens with one attached hydrogen (secondary N) is 1. The van der Waals surface area contributed by atoms with Crippen molar-refractivity contribution in [3.05, 3.63) is 65.5 Å². The van der Waals surface area contributed by atoms with Crippen molar-refractivity contribution >= 4 is 15.7 Å². The van der Waals surface area contributed by atoms with Crippen LogP contribution in [0.3, 0.4) is 0 Å². The summed E-state index contributed by atoms with van der Waals surface area (Å²) in [5.74, 6) is -0.101. The molecule has 0 unspecified atom stereocenters. The number of pyridine rings is 1. The number of carbonyl (C=O) groups is 1. The summed E-state index contributed by atoms with van der Waals surface area (Å²) in [6.07, 6.45) is 2.73. The monoisotopic (exact) mass is 330 g/mol. The lowest BCUT2D eigenvalue weighted by molar-refractivity contribution is 0.0941. The number of amides is 1. The third-order valence-electron chi connectivity index (χ3n) is 3.88. The maximum Gasteiger partial charge on any atom is 0.253 e. The zero-order valence-corrected chi connectivity index (χ0v) is 13.4. The van der Waals surface area contributed by atoms with E-state index in [2.05, 4.69) is 10.3 Å². The molecule has 23 heavy (non-hydrogen) atoms. The fourth-order valence-electron chi connectivity index (χ4n) is 2.65. The van der Waals surface area contributed by atoms with E-state index in [0.29, 0.717) is 18.4 Å². The molecule has 3 rings (SSSR count). The largest absolute Gasteiger partial charge is 0.348 e. The predicted molar refractivity (Wildman–Crippen MR) is 88.0 cm³/mol. The zero-order valence-electron chi connectivity index (χ0n) is 12.6. The highest BCUT2D eigenvalue weighted by molar-refractivity contribution is 7.91. The van der Waals surface area contributed by atoms with Crippen molar-refractivity contribution < 1.29 is 13.2 Å². The van der Waals surface area contributed by atoms with Crippen LogP contribution in [-0.2, 0) is 16.3 Å². The summed E-state index contributed by atoms with van der Waals surface area (Å²) in [6, 6.07) is 13.2. The highest BCUT2D eigenvalue weighted by Crippen LogP contribution is 2.13. The molecule has 2 heterocycles. The molecule has 1 fully saturated rings. The second-order valence-corrected chi connectivity index (χ2v) is 8.00. The standard InChI is InChI=1S/C17H18N2O3S/c20-17(19-16-8-9-23(21,22)12-16)14-6-7-15(18-11-14)10-13-4-2-1-3-5-13/h1-7,11,16H,8-10,12H2,(H,19,20)/t16-/m1/s1. The number of nitrogens with zero attached hydrogens (tertiary/aromatic N) is 1. The lowest BCUT2D eigenvalue weighted by atomic mass is 10.1. The number of sulfone groups is 1. The molecule has 1 aliphatic heterocycles. The molecular weight excluding hydrogens is 312 g/mol. The molecule has 1 amide bonds. The first-order chi connectivity index (χ1) is 11.0. The SMILES string of the molecule is O=C(N[C@@H]1CCS(=O)(=O)C1)c1ccc(Cc2ccccc2)nc1. The fourth-order valence-corrected chi connectivity index (χ4v) is 4.32. The van der Waals surface area contributed by atoms with Crippen molar-refractivity contribution in [1.29, 1.82) is 0 Å². The quantitative estimate of drug-likeness (QED) is 0.923. The Bertz CT molecular complexity index is 786. The third-order valence-corrected chi connectivity index (χ3v) is 5.65. The van der Waals surface area contributed by atoms with Gasteiger partial charge in [0.15, 0.2) is 9.84 Å². The Morgan fingerprint density at radius 1 is 1.17 bits per heavy atom. The van der Waals surface area contributed by atoms with Crippen molar-refractivity contribution in [3.63, 3.8) is 0 Å². The smallest absolute Gasteiger partial charge is 0.253 e. The Hall–Kier alpha value is -2.21. The lowest BCUT2D eigenvalue weighted by Crippen LogP contribution is -2.35. The third kappa shape index (κ3) is 4.16. The molecule has 5 nitrogen and oxygen atoms in total. The van der Waals surface area contributed by atoms with Crippen LogP contribution in [0.15, 0.2) is 48.7 Å². The molecule has 0 spiro atoms. The minimum Gasteiger partial charge on any atom is -0.348 e. The van der Waals surface area contributed by atoms with Crippen molar-refractivity contribution in [2.45, 2.75) is 18.9 Å². The summed E-state index contributed by atoms with van der Waals surface area (Å²) in [4.78, 5) is 16.5. The summed E-state index contributed by atoms with van der Waals surface area (Å²) in [6.45, 7) is 0. The van der Waals surface area contributed by atoms with Crippen LogP contribution >= 0.6 is 0 Å². The van der Waals surface area contributed by atoms with Gasteiger partial charge in [0.25, 0.3) is 5.91 Å². The Balaban J connectivity index is 1.62. The van der Waals surface area contributed by atoms with Gasteiger partial charge in [-0.05, 0) is 24.1 Å². The van der Waals surface area contributed by atoms with E-state index in [0.717, 1.165) is 11.3 Å². The average Bonchev–Trinajstić information content (AvgIpc) is 2.88. The van der Waals surface area contributed by atoms with Gasteiger partial charge in [-0.3, -0.25) is 9.78 Å². The van der Waals surface area contributed by atoms with E-state index in [9.17, 15) is 13.2 Å². The van der Waals surface area contributed by atoms with Gasteiger partial charge in [0.2, 0.25) is 0 Å². The molecule has 0 bridgehead atoms. The van der Waals surface area contributed by atoms with Crippen LogP contribution in [0.1, 0.15) is 28.0 Å². The maximum atomic E-state index is 12.1. The predicted octanol–water partition coefficient (Wildman–Crippen LogP) is 1.59. The molecule has 0 aliphatic carbocycles. The van der Waals surface area contributed by atoms with E-state index >= 15 is 0 Å². The first kappa shape index (κ1) is 15.7. The van der Waals surface area contributed by atoms with Crippen LogP contribution in [0.25, 0.3) is 0 Å². The molecule has 120 valence electrons. The minimum atomic E-state index is -2.99. The molecule has 0 saturated carbocycles. The molecule has 1 saturated heterocycles. The van der Waals surface area contributed by atoms with Crippen LogP contribution < -0.4 is 5.32 Å². The van der Waals surface area contributed by atoms with E-state index in [1.54, 1.807) is 6.07 Å². The van der Waals surface area contributed by atoms with Gasteiger partial charge < -0.3 is 5.32 Å². The van der Waals surface area contributed by atoms with Crippen molar-refractivity contribution in [2.75, 3.05) is 11.5 Å². The minimum absolute atomic E-state index is 0.0261. The van der Waals surface area contributed by atoms with E-state index in [-0.39, 0.29) is 23.5 Å². The molecule has 1 atom stereocenters.